The van der Waals surface area contributed by atoms with Crippen molar-refractivity contribution in [1.82, 2.24) is 5.32 Å². The van der Waals surface area contributed by atoms with Crippen molar-refractivity contribution in [2.45, 2.75) is 25.8 Å². The molecule has 1 aliphatic rings. The third-order valence-corrected chi connectivity index (χ3v) is 4.83. The molecule has 0 bridgehead atoms. The SMILES string of the molecule is CC1Cc2ccccc2N1C(=O)NCCc1ccccc1Br. The standard InChI is InChI=1S/C18H19BrN2O/c1-13-12-15-7-3-5-9-17(15)21(13)18(22)20-11-10-14-6-2-4-8-16(14)19/h2-9,13H,10-12H2,1H3,(H,20,22). The Balaban J connectivity index is 1.62. The summed E-state index contributed by atoms with van der Waals surface area (Å²) in [6, 6.07) is 16.4. The number of nitrogens with zero attached hydrogens (tertiary/aromatic N) is 1. The fraction of sp³-hybridized carbons (Fsp3) is 0.278. The molecule has 2 aromatic rings. The summed E-state index contributed by atoms with van der Waals surface area (Å²) in [7, 11) is 0. The first-order chi connectivity index (χ1) is 10.7. The lowest BCUT2D eigenvalue weighted by atomic mass is 10.1. The first-order valence-corrected chi connectivity index (χ1v) is 8.34. The van der Waals surface area contributed by atoms with Crippen LogP contribution in [-0.2, 0) is 12.8 Å². The average Bonchev–Trinajstić information content (AvgIpc) is 2.85. The van der Waals surface area contributed by atoms with Crippen LogP contribution in [0.2, 0.25) is 0 Å². The summed E-state index contributed by atoms with van der Waals surface area (Å²) in [6.07, 6.45) is 1.74. The molecule has 4 heteroatoms. The molecule has 3 rings (SSSR count). The molecule has 1 atom stereocenters. The Morgan fingerprint density at radius 1 is 1.23 bits per heavy atom. The largest absolute Gasteiger partial charge is 0.337 e. The van der Waals surface area contributed by atoms with Gasteiger partial charge in [0.15, 0.2) is 0 Å². The van der Waals surface area contributed by atoms with Crippen LogP contribution in [0.3, 0.4) is 0 Å². The van der Waals surface area contributed by atoms with Crippen LogP contribution >= 0.6 is 15.9 Å². The van der Waals surface area contributed by atoms with Crippen LogP contribution in [0.5, 0.6) is 0 Å². The third-order valence-electron chi connectivity index (χ3n) is 4.05. The molecular weight excluding hydrogens is 340 g/mol. The number of anilines is 1. The summed E-state index contributed by atoms with van der Waals surface area (Å²) in [5.74, 6) is 0. The van der Waals surface area contributed by atoms with E-state index in [0.29, 0.717) is 6.54 Å². The molecular formula is C18H19BrN2O. The van der Waals surface area contributed by atoms with Crippen molar-refractivity contribution in [2.24, 2.45) is 0 Å². The third kappa shape index (κ3) is 3.02. The summed E-state index contributed by atoms with van der Waals surface area (Å²) in [5, 5.41) is 3.04. The molecule has 1 aliphatic heterocycles. The lowest BCUT2D eigenvalue weighted by molar-refractivity contribution is 0.245. The second kappa shape index (κ2) is 6.53. The number of urea groups is 1. The Morgan fingerprint density at radius 2 is 1.95 bits per heavy atom. The first-order valence-electron chi connectivity index (χ1n) is 7.55. The molecule has 1 N–H and O–H groups in total. The quantitative estimate of drug-likeness (QED) is 0.877. The number of halogens is 1. The van der Waals surface area contributed by atoms with Gasteiger partial charge in [-0.2, -0.15) is 0 Å². The second-order valence-electron chi connectivity index (χ2n) is 5.63. The van der Waals surface area contributed by atoms with Crippen molar-refractivity contribution in [3.63, 3.8) is 0 Å². The van der Waals surface area contributed by atoms with E-state index in [-0.39, 0.29) is 12.1 Å². The van der Waals surface area contributed by atoms with Crippen molar-refractivity contribution < 1.29 is 4.79 Å². The maximum atomic E-state index is 12.5. The molecule has 1 heterocycles. The number of para-hydroxylation sites is 1. The van der Waals surface area contributed by atoms with Gasteiger partial charge >= 0.3 is 6.03 Å². The summed E-state index contributed by atoms with van der Waals surface area (Å²) < 4.78 is 1.09. The molecule has 1 unspecified atom stereocenters. The van der Waals surface area contributed by atoms with E-state index in [1.165, 1.54) is 11.1 Å². The Bertz CT molecular complexity index is 686. The maximum Gasteiger partial charge on any atom is 0.322 e. The molecule has 0 spiro atoms. The molecule has 0 aromatic heterocycles. The topological polar surface area (TPSA) is 32.3 Å². The number of rotatable bonds is 3. The van der Waals surface area contributed by atoms with Gasteiger partial charge in [-0.3, -0.25) is 4.90 Å². The van der Waals surface area contributed by atoms with Crippen molar-refractivity contribution in [1.29, 1.82) is 0 Å². The zero-order valence-electron chi connectivity index (χ0n) is 12.6. The number of carbonyl (C=O) groups excluding carboxylic acids is 1. The highest BCUT2D eigenvalue weighted by molar-refractivity contribution is 9.10. The zero-order chi connectivity index (χ0) is 15.5. The van der Waals surface area contributed by atoms with Crippen LogP contribution in [0.25, 0.3) is 0 Å². The molecule has 3 nitrogen and oxygen atoms in total. The summed E-state index contributed by atoms with van der Waals surface area (Å²) in [4.78, 5) is 14.4. The fourth-order valence-electron chi connectivity index (χ4n) is 2.97. The van der Waals surface area contributed by atoms with E-state index < -0.39 is 0 Å². The molecule has 0 saturated carbocycles. The van der Waals surface area contributed by atoms with Gasteiger partial charge in [0.1, 0.15) is 0 Å². The van der Waals surface area contributed by atoms with Gasteiger partial charge in [0.05, 0.1) is 0 Å². The Kier molecular flexibility index (Phi) is 4.48. The number of benzene rings is 2. The lowest BCUT2D eigenvalue weighted by Crippen LogP contribution is -2.43. The Hall–Kier alpha value is -1.81. The summed E-state index contributed by atoms with van der Waals surface area (Å²) in [6.45, 7) is 2.72. The van der Waals surface area contributed by atoms with Gasteiger partial charge < -0.3 is 5.32 Å². The van der Waals surface area contributed by atoms with E-state index in [4.69, 9.17) is 0 Å². The molecule has 0 saturated heterocycles. The summed E-state index contributed by atoms with van der Waals surface area (Å²) in [5.41, 5.74) is 3.49. The Morgan fingerprint density at radius 3 is 2.77 bits per heavy atom. The van der Waals surface area contributed by atoms with Crippen molar-refractivity contribution in [3.05, 3.63) is 64.1 Å². The van der Waals surface area contributed by atoms with Crippen molar-refractivity contribution in [2.75, 3.05) is 11.4 Å². The minimum absolute atomic E-state index is 0.00972. The van der Waals surface area contributed by atoms with Gasteiger partial charge in [0, 0.05) is 22.7 Å². The molecule has 0 radical (unpaired) electrons. The van der Waals surface area contributed by atoms with Crippen LogP contribution in [0.1, 0.15) is 18.1 Å². The van der Waals surface area contributed by atoms with Gasteiger partial charge in [-0.25, -0.2) is 4.79 Å². The van der Waals surface area contributed by atoms with E-state index in [2.05, 4.69) is 40.3 Å². The lowest BCUT2D eigenvalue weighted by Gasteiger charge is -2.23. The van der Waals surface area contributed by atoms with Gasteiger partial charge in [0.2, 0.25) is 0 Å². The number of hydrogen-bond donors (Lipinski definition) is 1. The number of carbonyl (C=O) groups is 1. The maximum absolute atomic E-state index is 12.5. The van der Waals surface area contributed by atoms with E-state index >= 15 is 0 Å². The van der Waals surface area contributed by atoms with Gasteiger partial charge in [-0.05, 0) is 43.0 Å². The minimum Gasteiger partial charge on any atom is -0.337 e. The molecule has 0 fully saturated rings. The van der Waals surface area contributed by atoms with Crippen LogP contribution < -0.4 is 10.2 Å². The highest BCUT2D eigenvalue weighted by Gasteiger charge is 2.30. The van der Waals surface area contributed by atoms with E-state index in [0.717, 1.165) is 23.0 Å². The summed E-state index contributed by atoms with van der Waals surface area (Å²) >= 11 is 3.54. The monoisotopic (exact) mass is 358 g/mol. The smallest absolute Gasteiger partial charge is 0.322 e. The van der Waals surface area contributed by atoms with Crippen LogP contribution in [-0.4, -0.2) is 18.6 Å². The predicted molar refractivity (Wildman–Crippen MR) is 93.3 cm³/mol. The van der Waals surface area contributed by atoms with Gasteiger partial charge in [0.25, 0.3) is 0 Å². The molecule has 2 aromatic carbocycles. The van der Waals surface area contributed by atoms with E-state index in [9.17, 15) is 4.79 Å². The highest BCUT2D eigenvalue weighted by Crippen LogP contribution is 2.31. The average molecular weight is 359 g/mol. The van der Waals surface area contributed by atoms with Crippen molar-refractivity contribution in [3.8, 4) is 0 Å². The van der Waals surface area contributed by atoms with Crippen LogP contribution in [0.15, 0.2) is 53.0 Å². The number of hydrogen-bond acceptors (Lipinski definition) is 1. The number of amides is 2. The predicted octanol–water partition coefficient (Wildman–Crippen LogP) is 4.15. The Labute approximate surface area is 139 Å². The number of nitrogens with one attached hydrogen (secondary N) is 1. The fourth-order valence-corrected chi connectivity index (χ4v) is 3.45. The van der Waals surface area contributed by atoms with Gasteiger partial charge in [-0.1, -0.05) is 52.3 Å². The minimum atomic E-state index is -0.00972. The van der Waals surface area contributed by atoms with Crippen LogP contribution in [0, 0.1) is 0 Å². The second-order valence-corrected chi connectivity index (χ2v) is 6.48. The van der Waals surface area contributed by atoms with Crippen molar-refractivity contribution >= 4 is 27.6 Å². The molecule has 114 valence electrons. The van der Waals surface area contributed by atoms with E-state index in [1.54, 1.807) is 0 Å². The normalized spacial score (nSPS) is 16.5. The molecule has 22 heavy (non-hydrogen) atoms. The first kappa shape index (κ1) is 15.1. The van der Waals surface area contributed by atoms with Crippen LogP contribution in [0.4, 0.5) is 10.5 Å². The van der Waals surface area contributed by atoms with E-state index in [1.807, 2.05) is 41.3 Å². The molecule has 0 aliphatic carbocycles. The molecule has 2 amide bonds. The zero-order valence-corrected chi connectivity index (χ0v) is 14.1. The highest BCUT2D eigenvalue weighted by atomic mass is 79.9. The number of fused-ring (bicyclic) bond motifs is 1. The van der Waals surface area contributed by atoms with Gasteiger partial charge in [-0.15, -0.1) is 0 Å².